The van der Waals surface area contributed by atoms with Crippen molar-refractivity contribution in [3.05, 3.63) is 27.8 Å². The van der Waals surface area contributed by atoms with E-state index in [-0.39, 0.29) is 36.6 Å². The third-order valence-corrected chi connectivity index (χ3v) is 6.41. The molecule has 1 aliphatic heterocycles. The lowest BCUT2D eigenvalue weighted by atomic mass is 9.88. The Morgan fingerprint density at radius 1 is 1.14 bits per heavy atom. The van der Waals surface area contributed by atoms with Crippen molar-refractivity contribution in [1.82, 2.24) is 4.90 Å². The van der Waals surface area contributed by atoms with Crippen LogP contribution in [0.15, 0.2) is 24.3 Å². The molecule has 1 atom stereocenters. The van der Waals surface area contributed by atoms with Gasteiger partial charge in [-0.05, 0) is 59.7 Å². The van der Waals surface area contributed by atoms with Crippen molar-refractivity contribution in [3.8, 4) is 0 Å². The van der Waals surface area contributed by atoms with E-state index in [1.54, 1.807) is 12.1 Å². The van der Waals surface area contributed by atoms with Gasteiger partial charge in [-0.25, -0.2) is 4.90 Å². The van der Waals surface area contributed by atoms with Crippen LogP contribution in [0.5, 0.6) is 0 Å². The average molecular weight is 514 g/mol. The molecule has 2 fully saturated rings. The first-order valence-corrected chi connectivity index (χ1v) is 11.0. The zero-order valence-corrected chi connectivity index (χ0v) is 19.0. The van der Waals surface area contributed by atoms with E-state index in [4.69, 9.17) is 9.47 Å². The van der Waals surface area contributed by atoms with E-state index in [9.17, 15) is 14.4 Å². The van der Waals surface area contributed by atoms with Crippen molar-refractivity contribution in [2.45, 2.75) is 50.9 Å². The monoisotopic (exact) mass is 514 g/mol. The van der Waals surface area contributed by atoms with Gasteiger partial charge in [0.15, 0.2) is 6.29 Å². The first kappa shape index (κ1) is 22.2. The third-order valence-electron chi connectivity index (χ3n) is 5.69. The molecule has 2 aliphatic rings. The summed E-state index contributed by atoms with van der Waals surface area (Å²) in [6.45, 7) is 0.118. The highest BCUT2D eigenvalue weighted by Gasteiger charge is 2.46. The van der Waals surface area contributed by atoms with Crippen molar-refractivity contribution in [2.75, 3.05) is 25.7 Å². The van der Waals surface area contributed by atoms with Gasteiger partial charge >= 0.3 is 0 Å². The van der Waals surface area contributed by atoms with Crippen LogP contribution in [0.2, 0.25) is 0 Å². The maximum absolute atomic E-state index is 13.3. The molecule has 3 amide bonds. The molecule has 7 nitrogen and oxygen atoms in total. The van der Waals surface area contributed by atoms with Crippen molar-refractivity contribution in [2.24, 2.45) is 5.92 Å². The maximum Gasteiger partial charge on any atom is 0.257 e. The summed E-state index contributed by atoms with van der Waals surface area (Å²) in [7, 11) is 2.99. The molecule has 1 unspecified atom stereocenters. The van der Waals surface area contributed by atoms with E-state index in [2.05, 4.69) is 22.6 Å². The van der Waals surface area contributed by atoms with Crippen LogP contribution < -0.4 is 4.90 Å². The molecule has 0 bridgehead atoms. The quantitative estimate of drug-likeness (QED) is 0.318. The molecule has 0 N–H and O–H groups in total. The van der Waals surface area contributed by atoms with Gasteiger partial charge in [-0.2, -0.15) is 0 Å². The highest BCUT2D eigenvalue weighted by Crippen LogP contribution is 2.31. The minimum atomic E-state index is -0.830. The summed E-state index contributed by atoms with van der Waals surface area (Å²) in [6.07, 6.45) is 4.10. The molecule has 1 saturated carbocycles. The molecule has 1 aliphatic carbocycles. The fourth-order valence-electron chi connectivity index (χ4n) is 4.08. The standard InChI is InChI=1S/C21H27IN2O5/c1-28-19(29-2)13-23(20(26)14-6-4-3-5-7-14)17-12-18(25)24(21(17)27)16-10-8-15(22)9-11-16/h8-11,14,17,19H,3-7,12-13H2,1-2H3. The van der Waals surface area contributed by atoms with Crippen LogP contribution in [-0.4, -0.2) is 55.7 Å². The number of imide groups is 1. The summed E-state index contributed by atoms with van der Waals surface area (Å²) in [5.41, 5.74) is 0.531. The third kappa shape index (κ3) is 4.97. The summed E-state index contributed by atoms with van der Waals surface area (Å²) >= 11 is 2.17. The predicted molar refractivity (Wildman–Crippen MR) is 116 cm³/mol. The van der Waals surface area contributed by atoms with Crippen LogP contribution in [0.1, 0.15) is 38.5 Å². The maximum atomic E-state index is 13.3. The van der Waals surface area contributed by atoms with E-state index in [0.29, 0.717) is 5.69 Å². The lowest BCUT2D eigenvalue weighted by Gasteiger charge is -2.34. The molecule has 3 rings (SSSR count). The molecule has 0 aromatic heterocycles. The number of benzene rings is 1. The van der Waals surface area contributed by atoms with Gasteiger partial charge in [0.05, 0.1) is 18.7 Å². The molecule has 29 heavy (non-hydrogen) atoms. The number of rotatable bonds is 7. The summed E-state index contributed by atoms with van der Waals surface area (Å²) in [5.74, 6) is -0.867. The first-order chi connectivity index (χ1) is 14.0. The number of methoxy groups -OCH3 is 2. The Labute approximate surface area is 184 Å². The highest BCUT2D eigenvalue weighted by molar-refractivity contribution is 14.1. The second kappa shape index (κ2) is 9.99. The zero-order chi connectivity index (χ0) is 21.0. The van der Waals surface area contributed by atoms with Crippen molar-refractivity contribution < 1.29 is 23.9 Å². The summed E-state index contributed by atoms with van der Waals surface area (Å²) in [4.78, 5) is 42.0. The predicted octanol–water partition coefficient (Wildman–Crippen LogP) is 2.95. The van der Waals surface area contributed by atoms with Crippen LogP contribution in [0.25, 0.3) is 0 Å². The minimum absolute atomic E-state index is 0.0244. The number of carbonyl (C=O) groups is 3. The Morgan fingerprint density at radius 3 is 2.34 bits per heavy atom. The topological polar surface area (TPSA) is 76.2 Å². The van der Waals surface area contributed by atoms with E-state index < -0.39 is 12.3 Å². The van der Waals surface area contributed by atoms with E-state index in [1.807, 2.05) is 12.1 Å². The minimum Gasteiger partial charge on any atom is -0.354 e. The molecule has 1 heterocycles. The van der Waals surface area contributed by atoms with Gasteiger partial charge in [0.1, 0.15) is 6.04 Å². The number of hydrogen-bond acceptors (Lipinski definition) is 5. The van der Waals surface area contributed by atoms with Gasteiger partial charge < -0.3 is 14.4 Å². The Morgan fingerprint density at radius 2 is 1.76 bits per heavy atom. The van der Waals surface area contributed by atoms with Gasteiger partial charge in [-0.3, -0.25) is 14.4 Å². The number of ether oxygens (including phenoxy) is 2. The Hall–Kier alpha value is -1.52. The van der Waals surface area contributed by atoms with Gasteiger partial charge in [0.2, 0.25) is 11.8 Å². The van der Waals surface area contributed by atoms with Gasteiger partial charge in [-0.15, -0.1) is 0 Å². The number of nitrogens with zero attached hydrogens (tertiary/aromatic N) is 2. The molecule has 1 aromatic rings. The fraction of sp³-hybridized carbons (Fsp3) is 0.571. The highest BCUT2D eigenvalue weighted by atomic mass is 127. The lowest BCUT2D eigenvalue weighted by Crippen LogP contribution is -2.51. The van der Waals surface area contributed by atoms with Crippen molar-refractivity contribution in [3.63, 3.8) is 0 Å². The molecule has 1 saturated heterocycles. The number of hydrogen-bond donors (Lipinski definition) is 0. The number of carbonyl (C=O) groups excluding carboxylic acids is 3. The molecule has 158 valence electrons. The first-order valence-electron chi connectivity index (χ1n) is 9.94. The molecule has 0 radical (unpaired) electrons. The van der Waals surface area contributed by atoms with Crippen LogP contribution >= 0.6 is 22.6 Å². The van der Waals surface area contributed by atoms with Gasteiger partial charge in [-0.1, -0.05) is 19.3 Å². The van der Waals surface area contributed by atoms with Crippen molar-refractivity contribution in [1.29, 1.82) is 0 Å². The second-order valence-electron chi connectivity index (χ2n) is 7.49. The number of halogens is 1. The molecular weight excluding hydrogens is 487 g/mol. The van der Waals surface area contributed by atoms with Crippen LogP contribution in [-0.2, 0) is 23.9 Å². The van der Waals surface area contributed by atoms with Gasteiger partial charge in [0.25, 0.3) is 5.91 Å². The van der Waals surface area contributed by atoms with Crippen LogP contribution in [0, 0.1) is 9.49 Å². The molecule has 0 spiro atoms. The second-order valence-corrected chi connectivity index (χ2v) is 8.74. The fourth-order valence-corrected chi connectivity index (χ4v) is 4.44. The normalized spacial score (nSPS) is 20.6. The van der Waals surface area contributed by atoms with Crippen LogP contribution in [0.3, 0.4) is 0 Å². The van der Waals surface area contributed by atoms with E-state index in [1.165, 1.54) is 24.0 Å². The molecular formula is C21H27IN2O5. The smallest absolute Gasteiger partial charge is 0.257 e. The SMILES string of the molecule is COC(CN(C(=O)C1CCCCC1)C1CC(=O)N(c2ccc(I)cc2)C1=O)OC. The molecule has 1 aromatic carbocycles. The number of amides is 3. The summed E-state index contributed by atoms with van der Waals surface area (Å²) in [6, 6.07) is 6.37. The van der Waals surface area contributed by atoms with Crippen LogP contribution in [0.4, 0.5) is 5.69 Å². The van der Waals surface area contributed by atoms with Gasteiger partial charge in [0, 0.05) is 23.7 Å². The lowest BCUT2D eigenvalue weighted by molar-refractivity contribution is -0.156. The summed E-state index contributed by atoms with van der Waals surface area (Å²) < 4.78 is 11.6. The molecule has 8 heteroatoms. The Kier molecular flexibility index (Phi) is 7.64. The number of anilines is 1. The summed E-state index contributed by atoms with van der Waals surface area (Å²) in [5, 5.41) is 0. The zero-order valence-electron chi connectivity index (χ0n) is 16.8. The van der Waals surface area contributed by atoms with Crippen molar-refractivity contribution >= 4 is 46.0 Å². The van der Waals surface area contributed by atoms with E-state index >= 15 is 0 Å². The van der Waals surface area contributed by atoms with E-state index in [0.717, 1.165) is 35.7 Å². The Bertz CT molecular complexity index is 744. The average Bonchev–Trinajstić information content (AvgIpc) is 3.04. The Balaban J connectivity index is 1.86. The largest absolute Gasteiger partial charge is 0.354 e.